The normalized spacial score (nSPS) is 17.1. The summed E-state index contributed by atoms with van der Waals surface area (Å²) in [5.74, 6) is 1.04. The van der Waals surface area contributed by atoms with E-state index in [0.29, 0.717) is 30.2 Å². The van der Waals surface area contributed by atoms with Crippen LogP contribution >= 0.6 is 0 Å². The van der Waals surface area contributed by atoms with E-state index >= 15 is 0 Å². The number of hydrogen-bond acceptors (Lipinski definition) is 5. The van der Waals surface area contributed by atoms with Crippen molar-refractivity contribution in [1.82, 2.24) is 9.80 Å². The third kappa shape index (κ3) is 4.99. The van der Waals surface area contributed by atoms with Crippen molar-refractivity contribution in [3.8, 4) is 11.5 Å². The van der Waals surface area contributed by atoms with E-state index in [1.54, 1.807) is 51.1 Å². The first-order chi connectivity index (χ1) is 15.8. The van der Waals surface area contributed by atoms with Crippen LogP contribution in [-0.2, 0) is 11.3 Å². The summed E-state index contributed by atoms with van der Waals surface area (Å²) in [5, 5.41) is 0. The lowest BCUT2D eigenvalue weighted by Gasteiger charge is -2.43. The zero-order chi connectivity index (χ0) is 24.1. The monoisotopic (exact) mass is 455 g/mol. The first-order valence-electron chi connectivity index (χ1n) is 11.1. The molecule has 0 radical (unpaired) electrons. The van der Waals surface area contributed by atoms with Crippen LogP contribution in [0, 0.1) is 0 Å². The summed E-state index contributed by atoms with van der Waals surface area (Å²) in [7, 11) is 6.61. The molecule has 0 bridgehead atoms. The number of ether oxygens (including phenoxy) is 3. The largest absolute Gasteiger partial charge is 0.493 e. The fraction of sp³-hybridized carbons (Fsp3) is 0.440. The van der Waals surface area contributed by atoms with Crippen molar-refractivity contribution in [2.45, 2.75) is 38.9 Å². The van der Waals surface area contributed by atoms with Crippen molar-refractivity contribution in [2.75, 3.05) is 39.8 Å². The third-order valence-corrected chi connectivity index (χ3v) is 5.82. The molecule has 33 heavy (non-hydrogen) atoms. The Hall–Kier alpha value is -3.42. The Morgan fingerprint density at radius 2 is 1.70 bits per heavy atom. The van der Waals surface area contributed by atoms with Crippen LogP contribution < -0.4 is 14.4 Å². The van der Waals surface area contributed by atoms with Crippen LogP contribution in [-0.4, -0.2) is 62.9 Å². The fourth-order valence-electron chi connectivity index (χ4n) is 4.27. The molecule has 3 amide bonds. The van der Waals surface area contributed by atoms with Crippen molar-refractivity contribution in [2.24, 2.45) is 0 Å². The van der Waals surface area contributed by atoms with Gasteiger partial charge >= 0.3 is 12.1 Å². The Balaban J connectivity index is 2.16. The van der Waals surface area contributed by atoms with Gasteiger partial charge in [0, 0.05) is 38.3 Å². The van der Waals surface area contributed by atoms with Crippen LogP contribution in [0.5, 0.6) is 11.5 Å². The molecule has 0 aromatic heterocycles. The number of rotatable bonds is 6. The Bertz CT molecular complexity index is 980. The van der Waals surface area contributed by atoms with Gasteiger partial charge in [0.2, 0.25) is 0 Å². The van der Waals surface area contributed by atoms with Gasteiger partial charge < -0.3 is 24.0 Å². The van der Waals surface area contributed by atoms with Gasteiger partial charge in [0.1, 0.15) is 0 Å². The molecule has 0 aliphatic carbocycles. The van der Waals surface area contributed by atoms with Crippen molar-refractivity contribution in [1.29, 1.82) is 0 Å². The number of carbonyl (C=O) groups excluding carboxylic acids is 2. The molecule has 2 aromatic carbocycles. The number of fused-ring (bicyclic) bond motifs is 1. The number of benzene rings is 2. The summed E-state index contributed by atoms with van der Waals surface area (Å²) >= 11 is 0. The second-order valence-electron chi connectivity index (χ2n) is 8.23. The molecule has 0 spiro atoms. The van der Waals surface area contributed by atoms with Gasteiger partial charge in [-0.3, -0.25) is 4.90 Å². The molecular weight excluding hydrogens is 422 g/mol. The molecule has 2 atom stereocenters. The maximum absolute atomic E-state index is 13.3. The molecule has 1 aliphatic rings. The Morgan fingerprint density at radius 1 is 1.06 bits per heavy atom. The SMILES string of the molecule is CCOC(=O)N1c2cc(OC)c(OC)cc2C(N(Cc2ccccc2)C(=O)N(C)C)CC1C. The average Bonchev–Trinajstić information content (AvgIpc) is 2.81. The molecule has 8 nitrogen and oxygen atoms in total. The first kappa shape index (κ1) is 24.2. The molecule has 0 N–H and O–H groups in total. The van der Waals surface area contributed by atoms with E-state index in [9.17, 15) is 9.59 Å². The highest BCUT2D eigenvalue weighted by atomic mass is 16.6. The maximum Gasteiger partial charge on any atom is 0.414 e. The number of anilines is 1. The number of methoxy groups -OCH3 is 2. The molecule has 0 saturated heterocycles. The van der Waals surface area contributed by atoms with E-state index in [1.807, 2.05) is 48.2 Å². The Kier molecular flexibility index (Phi) is 7.68. The topological polar surface area (TPSA) is 71.5 Å². The number of nitrogens with zero attached hydrogens (tertiary/aromatic N) is 3. The van der Waals surface area contributed by atoms with Crippen LogP contribution in [0.25, 0.3) is 0 Å². The fourth-order valence-corrected chi connectivity index (χ4v) is 4.27. The van der Waals surface area contributed by atoms with E-state index < -0.39 is 6.09 Å². The lowest BCUT2D eigenvalue weighted by molar-refractivity contribution is 0.132. The van der Waals surface area contributed by atoms with E-state index in [0.717, 1.165) is 11.1 Å². The predicted octanol–water partition coefficient (Wildman–Crippen LogP) is 4.68. The smallest absolute Gasteiger partial charge is 0.414 e. The number of carbonyl (C=O) groups is 2. The maximum atomic E-state index is 13.3. The van der Waals surface area contributed by atoms with Crippen LogP contribution in [0.1, 0.15) is 37.4 Å². The molecule has 1 aliphatic heterocycles. The van der Waals surface area contributed by atoms with E-state index in [1.165, 1.54) is 0 Å². The summed E-state index contributed by atoms with van der Waals surface area (Å²) in [6.45, 7) is 4.45. The lowest BCUT2D eigenvalue weighted by Crippen LogP contribution is -2.49. The zero-order valence-electron chi connectivity index (χ0n) is 20.2. The third-order valence-electron chi connectivity index (χ3n) is 5.82. The van der Waals surface area contributed by atoms with Gasteiger partial charge in [-0.2, -0.15) is 0 Å². The molecule has 178 valence electrons. The standard InChI is InChI=1S/C25H33N3O5/c1-7-33-25(30)28-17(2)13-20(19-14-22(31-5)23(32-6)15-21(19)28)27(24(29)26(3)4)16-18-11-9-8-10-12-18/h8-12,14-15,17,20H,7,13,16H2,1-6H3. The number of hydrogen-bond donors (Lipinski definition) is 0. The van der Waals surface area contributed by atoms with Crippen molar-refractivity contribution >= 4 is 17.8 Å². The van der Waals surface area contributed by atoms with Crippen LogP contribution in [0.15, 0.2) is 42.5 Å². The number of urea groups is 1. The van der Waals surface area contributed by atoms with Gasteiger partial charge in [-0.05, 0) is 31.9 Å². The van der Waals surface area contributed by atoms with Crippen LogP contribution in [0.2, 0.25) is 0 Å². The minimum Gasteiger partial charge on any atom is -0.493 e. The molecule has 1 heterocycles. The van der Waals surface area contributed by atoms with Gasteiger partial charge in [0.25, 0.3) is 0 Å². The van der Waals surface area contributed by atoms with Gasteiger partial charge in [0.05, 0.1) is 32.6 Å². The zero-order valence-corrected chi connectivity index (χ0v) is 20.2. The van der Waals surface area contributed by atoms with Crippen molar-refractivity contribution in [3.63, 3.8) is 0 Å². The average molecular weight is 456 g/mol. The van der Waals surface area contributed by atoms with Gasteiger partial charge in [-0.15, -0.1) is 0 Å². The first-order valence-corrected chi connectivity index (χ1v) is 11.1. The van der Waals surface area contributed by atoms with Gasteiger partial charge in [0.15, 0.2) is 11.5 Å². The Labute approximate surface area is 195 Å². The Morgan fingerprint density at radius 3 is 2.27 bits per heavy atom. The predicted molar refractivity (Wildman–Crippen MR) is 127 cm³/mol. The quantitative estimate of drug-likeness (QED) is 0.632. The minimum absolute atomic E-state index is 0.110. The van der Waals surface area contributed by atoms with E-state index in [2.05, 4.69) is 0 Å². The number of amides is 3. The molecule has 8 heteroatoms. The molecular formula is C25H33N3O5. The van der Waals surface area contributed by atoms with Crippen LogP contribution in [0.4, 0.5) is 15.3 Å². The van der Waals surface area contributed by atoms with E-state index in [4.69, 9.17) is 14.2 Å². The summed E-state index contributed by atoms with van der Waals surface area (Å²) in [5.41, 5.74) is 2.49. The highest BCUT2D eigenvalue weighted by Crippen LogP contribution is 2.46. The molecule has 2 aromatic rings. The molecule has 0 saturated carbocycles. The summed E-state index contributed by atoms with van der Waals surface area (Å²) in [6.07, 6.45) is 0.124. The molecule has 3 rings (SSSR count). The van der Waals surface area contributed by atoms with Crippen molar-refractivity contribution < 1.29 is 23.8 Å². The van der Waals surface area contributed by atoms with Crippen LogP contribution in [0.3, 0.4) is 0 Å². The second-order valence-corrected chi connectivity index (χ2v) is 8.23. The molecule has 2 unspecified atom stereocenters. The van der Waals surface area contributed by atoms with Crippen molar-refractivity contribution in [3.05, 3.63) is 53.6 Å². The second kappa shape index (κ2) is 10.5. The minimum atomic E-state index is -0.425. The van der Waals surface area contributed by atoms with E-state index in [-0.39, 0.29) is 24.7 Å². The summed E-state index contributed by atoms with van der Waals surface area (Å²) < 4.78 is 16.4. The lowest BCUT2D eigenvalue weighted by atomic mass is 9.90. The van der Waals surface area contributed by atoms with Gasteiger partial charge in [-0.1, -0.05) is 30.3 Å². The van der Waals surface area contributed by atoms with Gasteiger partial charge in [-0.25, -0.2) is 9.59 Å². The molecule has 0 fully saturated rings. The highest BCUT2D eigenvalue weighted by Gasteiger charge is 2.40. The summed E-state index contributed by atoms with van der Waals surface area (Å²) in [4.78, 5) is 31.3. The summed E-state index contributed by atoms with van der Waals surface area (Å²) in [6, 6.07) is 12.9. The highest BCUT2D eigenvalue weighted by molar-refractivity contribution is 5.91.